The van der Waals surface area contributed by atoms with Crippen LogP contribution >= 0.6 is 0 Å². The van der Waals surface area contributed by atoms with E-state index in [1.54, 1.807) is 0 Å². The summed E-state index contributed by atoms with van der Waals surface area (Å²) < 4.78 is 5.21. The topological polar surface area (TPSA) is 68.2 Å². The van der Waals surface area contributed by atoms with Crippen LogP contribution in [0.25, 0.3) is 0 Å². The smallest absolute Gasteiger partial charge is 0.240 e. The fraction of sp³-hybridized carbons (Fsp3) is 0.833. The molecule has 0 aliphatic rings. The lowest BCUT2D eigenvalue weighted by molar-refractivity contribution is 0.205. The Morgan fingerprint density at radius 3 is 2.59 bits per heavy atom. The van der Waals surface area contributed by atoms with Gasteiger partial charge in [0.05, 0.1) is 12.1 Å². The summed E-state index contributed by atoms with van der Waals surface area (Å²) in [5.41, 5.74) is 5.36. The molecule has 0 aliphatic heterocycles. The minimum Gasteiger partial charge on any atom is -0.338 e. The molecule has 0 spiro atoms. The third-order valence-corrected chi connectivity index (χ3v) is 2.89. The summed E-state index contributed by atoms with van der Waals surface area (Å²) in [6, 6.07) is 0.515. The number of nitrogens with zero attached hydrogens (tertiary/aromatic N) is 3. The van der Waals surface area contributed by atoms with Crippen LogP contribution in [0.4, 0.5) is 0 Å². The lowest BCUT2D eigenvalue weighted by atomic mass is 10.1. The zero-order valence-corrected chi connectivity index (χ0v) is 11.5. The molecule has 0 saturated carbocycles. The van der Waals surface area contributed by atoms with Crippen molar-refractivity contribution >= 4 is 0 Å². The first-order valence-corrected chi connectivity index (χ1v) is 6.16. The van der Waals surface area contributed by atoms with E-state index in [1.165, 1.54) is 12.8 Å². The van der Waals surface area contributed by atoms with E-state index in [2.05, 4.69) is 35.9 Å². The van der Waals surface area contributed by atoms with E-state index in [-0.39, 0.29) is 0 Å². The molecule has 1 atom stereocenters. The second kappa shape index (κ2) is 5.60. The molecular formula is C12H24N4O. The molecule has 5 heteroatoms. The summed E-state index contributed by atoms with van der Waals surface area (Å²) in [6.07, 6.45) is 2.34. The molecule has 5 nitrogen and oxygen atoms in total. The lowest BCUT2D eigenvalue weighted by Gasteiger charge is -2.22. The van der Waals surface area contributed by atoms with Crippen LogP contribution in [0.1, 0.15) is 52.3 Å². The van der Waals surface area contributed by atoms with E-state index >= 15 is 0 Å². The van der Waals surface area contributed by atoms with Crippen LogP contribution in [0, 0.1) is 0 Å². The van der Waals surface area contributed by atoms with Crippen molar-refractivity contribution in [3.05, 3.63) is 11.7 Å². The van der Waals surface area contributed by atoms with Crippen LogP contribution < -0.4 is 5.73 Å². The van der Waals surface area contributed by atoms with Crippen LogP contribution in [0.3, 0.4) is 0 Å². The average Bonchev–Trinajstić information content (AvgIpc) is 2.66. The van der Waals surface area contributed by atoms with E-state index in [0.717, 1.165) is 0 Å². The maximum atomic E-state index is 5.91. The number of hydrogen-bond donors (Lipinski definition) is 1. The summed E-state index contributed by atoms with van der Waals surface area (Å²) in [4.78, 5) is 6.53. The number of hydrogen-bond acceptors (Lipinski definition) is 5. The largest absolute Gasteiger partial charge is 0.338 e. The van der Waals surface area contributed by atoms with Crippen molar-refractivity contribution in [3.63, 3.8) is 0 Å². The van der Waals surface area contributed by atoms with Crippen molar-refractivity contribution in [1.29, 1.82) is 0 Å². The van der Waals surface area contributed by atoms with Crippen LogP contribution in [0.15, 0.2) is 4.52 Å². The standard InChI is InChI=1S/C12H24N4O/c1-6-7-9(2)16(5)8-10-14-11(15-17-10)12(3,4)13/h9H,6-8,13H2,1-5H3. The first-order chi connectivity index (χ1) is 7.84. The monoisotopic (exact) mass is 240 g/mol. The minimum absolute atomic E-state index is 0.515. The highest BCUT2D eigenvalue weighted by atomic mass is 16.5. The van der Waals surface area contributed by atoms with Crippen molar-refractivity contribution in [1.82, 2.24) is 15.0 Å². The van der Waals surface area contributed by atoms with E-state index in [4.69, 9.17) is 10.3 Å². The number of nitrogens with two attached hydrogens (primary N) is 1. The zero-order chi connectivity index (χ0) is 13.1. The molecule has 0 aromatic carbocycles. The van der Waals surface area contributed by atoms with Gasteiger partial charge in [-0.25, -0.2) is 0 Å². The van der Waals surface area contributed by atoms with Gasteiger partial charge in [-0.3, -0.25) is 4.90 Å². The molecule has 98 valence electrons. The fourth-order valence-electron chi connectivity index (χ4n) is 1.59. The van der Waals surface area contributed by atoms with Crippen LogP contribution in [0.2, 0.25) is 0 Å². The molecule has 1 heterocycles. The molecule has 0 fully saturated rings. The van der Waals surface area contributed by atoms with Crippen molar-refractivity contribution in [2.24, 2.45) is 5.73 Å². The maximum Gasteiger partial charge on any atom is 0.240 e. The second-order valence-corrected chi connectivity index (χ2v) is 5.29. The van der Waals surface area contributed by atoms with Gasteiger partial charge in [-0.1, -0.05) is 18.5 Å². The molecule has 1 unspecified atom stereocenters. The van der Waals surface area contributed by atoms with Gasteiger partial charge >= 0.3 is 0 Å². The minimum atomic E-state index is -0.546. The lowest BCUT2D eigenvalue weighted by Crippen LogP contribution is -2.30. The SMILES string of the molecule is CCCC(C)N(C)Cc1nc(C(C)(C)N)no1. The average molecular weight is 240 g/mol. The molecule has 0 amide bonds. The summed E-state index contributed by atoms with van der Waals surface area (Å²) in [6.45, 7) is 8.79. The fourth-order valence-corrected chi connectivity index (χ4v) is 1.59. The van der Waals surface area contributed by atoms with Gasteiger partial charge < -0.3 is 10.3 Å². The molecule has 2 N–H and O–H groups in total. The van der Waals surface area contributed by atoms with E-state index in [0.29, 0.717) is 24.3 Å². The number of aromatic nitrogens is 2. The van der Waals surface area contributed by atoms with Gasteiger partial charge in [0.2, 0.25) is 5.89 Å². The van der Waals surface area contributed by atoms with E-state index < -0.39 is 5.54 Å². The summed E-state index contributed by atoms with van der Waals surface area (Å²) in [7, 11) is 2.07. The third-order valence-electron chi connectivity index (χ3n) is 2.89. The quantitative estimate of drug-likeness (QED) is 0.822. The highest BCUT2D eigenvalue weighted by molar-refractivity contribution is 4.99. The van der Waals surface area contributed by atoms with Crippen LogP contribution in [0.5, 0.6) is 0 Å². The van der Waals surface area contributed by atoms with Crippen molar-refractivity contribution < 1.29 is 4.52 Å². The highest BCUT2D eigenvalue weighted by Crippen LogP contribution is 2.14. The molecule has 1 aromatic heterocycles. The molecule has 0 radical (unpaired) electrons. The Morgan fingerprint density at radius 2 is 2.12 bits per heavy atom. The van der Waals surface area contributed by atoms with Crippen molar-refractivity contribution in [2.75, 3.05) is 7.05 Å². The van der Waals surface area contributed by atoms with Crippen LogP contribution in [-0.2, 0) is 12.1 Å². The predicted molar refractivity (Wildman–Crippen MR) is 67.3 cm³/mol. The third kappa shape index (κ3) is 4.09. The Hall–Kier alpha value is -0.940. The van der Waals surface area contributed by atoms with Gasteiger partial charge in [-0.15, -0.1) is 0 Å². The van der Waals surface area contributed by atoms with Gasteiger partial charge in [0.15, 0.2) is 5.82 Å². The van der Waals surface area contributed by atoms with Crippen molar-refractivity contribution in [3.8, 4) is 0 Å². The Bertz CT molecular complexity index is 343. The molecule has 0 bridgehead atoms. The van der Waals surface area contributed by atoms with E-state index in [9.17, 15) is 0 Å². The zero-order valence-electron chi connectivity index (χ0n) is 11.5. The predicted octanol–water partition coefficient (Wildman–Crippen LogP) is 1.88. The summed E-state index contributed by atoms with van der Waals surface area (Å²) in [5, 5.41) is 3.91. The molecule has 17 heavy (non-hydrogen) atoms. The van der Waals surface area contributed by atoms with Crippen molar-refractivity contribution in [2.45, 2.75) is 58.7 Å². The van der Waals surface area contributed by atoms with Gasteiger partial charge in [0.25, 0.3) is 0 Å². The summed E-state index contributed by atoms with van der Waals surface area (Å²) in [5.74, 6) is 1.19. The Balaban J connectivity index is 2.60. The number of rotatable bonds is 6. The Labute approximate surface area is 103 Å². The maximum absolute atomic E-state index is 5.91. The Morgan fingerprint density at radius 1 is 1.47 bits per heavy atom. The van der Waals surface area contributed by atoms with Gasteiger partial charge in [0, 0.05) is 6.04 Å². The second-order valence-electron chi connectivity index (χ2n) is 5.29. The van der Waals surface area contributed by atoms with Gasteiger partial charge in [-0.05, 0) is 34.2 Å². The van der Waals surface area contributed by atoms with E-state index in [1.807, 2.05) is 13.8 Å². The molecule has 1 rings (SSSR count). The normalized spacial score (nSPS) is 14.3. The molecular weight excluding hydrogens is 216 g/mol. The summed E-state index contributed by atoms with van der Waals surface area (Å²) >= 11 is 0. The molecule has 0 aliphatic carbocycles. The molecule has 1 aromatic rings. The Kier molecular flexibility index (Phi) is 4.65. The first kappa shape index (κ1) is 14.1. The highest BCUT2D eigenvalue weighted by Gasteiger charge is 2.22. The van der Waals surface area contributed by atoms with Gasteiger partial charge in [0.1, 0.15) is 0 Å². The first-order valence-electron chi connectivity index (χ1n) is 6.16. The van der Waals surface area contributed by atoms with Gasteiger partial charge in [-0.2, -0.15) is 4.98 Å². The van der Waals surface area contributed by atoms with Crippen LogP contribution in [-0.4, -0.2) is 28.1 Å². The molecule has 0 saturated heterocycles.